The first-order chi connectivity index (χ1) is 3.29. The molecule has 0 bridgehead atoms. The molecule has 0 amide bonds. The van der Waals surface area contributed by atoms with Crippen molar-refractivity contribution in [1.29, 1.82) is 0 Å². The molecule has 0 spiro atoms. The number of aliphatic imine (C=N–C) groups is 1. The van der Waals surface area contributed by atoms with Gasteiger partial charge in [0.05, 0.1) is 6.54 Å². The van der Waals surface area contributed by atoms with Gasteiger partial charge in [0.25, 0.3) is 0 Å². The Balaban J connectivity index is 2.69. The van der Waals surface area contributed by atoms with Crippen LogP contribution in [0.2, 0.25) is 0 Å². The lowest BCUT2D eigenvalue weighted by Crippen LogP contribution is -1.95. The number of hydrogen-bond donors (Lipinski definition) is 1. The summed E-state index contributed by atoms with van der Waals surface area (Å²) in [7, 11) is 0. The first-order valence-electron chi connectivity index (χ1n) is 1.95. The number of halogens is 1. The van der Waals surface area contributed by atoms with Crippen LogP contribution in [0.15, 0.2) is 16.8 Å². The molecule has 1 aliphatic heterocycles. The molecule has 0 unspecified atom stereocenters. The standard InChI is InChI=1S/C4H5ClN2/c5-4-1-3(6)2-7-4/h1H,2,6H2. The summed E-state index contributed by atoms with van der Waals surface area (Å²) in [5.74, 6) is 0. The summed E-state index contributed by atoms with van der Waals surface area (Å²) in [6.07, 6.45) is 1.65. The van der Waals surface area contributed by atoms with Gasteiger partial charge in [-0.3, -0.25) is 4.99 Å². The lowest BCUT2D eigenvalue weighted by Gasteiger charge is -1.79. The fraction of sp³-hybridized carbons (Fsp3) is 0.250. The van der Waals surface area contributed by atoms with Gasteiger partial charge >= 0.3 is 0 Å². The van der Waals surface area contributed by atoms with E-state index in [1.165, 1.54) is 0 Å². The van der Waals surface area contributed by atoms with Gasteiger partial charge in [-0.15, -0.1) is 0 Å². The van der Waals surface area contributed by atoms with Gasteiger partial charge < -0.3 is 5.73 Å². The largest absolute Gasteiger partial charge is 0.400 e. The Morgan fingerprint density at radius 1 is 1.86 bits per heavy atom. The number of hydrogen-bond acceptors (Lipinski definition) is 2. The van der Waals surface area contributed by atoms with E-state index in [0.29, 0.717) is 11.7 Å². The van der Waals surface area contributed by atoms with Crippen LogP contribution in [0.5, 0.6) is 0 Å². The van der Waals surface area contributed by atoms with E-state index in [0.717, 1.165) is 5.70 Å². The van der Waals surface area contributed by atoms with E-state index in [9.17, 15) is 0 Å². The Morgan fingerprint density at radius 2 is 2.57 bits per heavy atom. The van der Waals surface area contributed by atoms with E-state index in [4.69, 9.17) is 17.3 Å². The van der Waals surface area contributed by atoms with Crippen molar-refractivity contribution in [3.63, 3.8) is 0 Å². The monoisotopic (exact) mass is 116 g/mol. The van der Waals surface area contributed by atoms with Crippen molar-refractivity contribution in [3.8, 4) is 0 Å². The zero-order valence-corrected chi connectivity index (χ0v) is 4.44. The fourth-order valence-corrected chi connectivity index (χ4v) is 0.611. The first-order valence-corrected chi connectivity index (χ1v) is 2.33. The predicted molar refractivity (Wildman–Crippen MR) is 30.4 cm³/mol. The Morgan fingerprint density at radius 3 is 2.71 bits per heavy atom. The molecule has 0 saturated carbocycles. The van der Waals surface area contributed by atoms with Crippen LogP contribution in [0.25, 0.3) is 0 Å². The summed E-state index contributed by atoms with van der Waals surface area (Å²) in [6.45, 7) is 0.568. The third-order valence-corrected chi connectivity index (χ3v) is 0.946. The van der Waals surface area contributed by atoms with E-state index in [-0.39, 0.29) is 0 Å². The zero-order chi connectivity index (χ0) is 5.28. The summed E-state index contributed by atoms with van der Waals surface area (Å²) >= 11 is 5.40. The highest BCUT2D eigenvalue weighted by molar-refractivity contribution is 6.68. The van der Waals surface area contributed by atoms with Gasteiger partial charge in [-0.2, -0.15) is 0 Å². The Bertz CT molecular complexity index is 137. The second-order valence-corrected chi connectivity index (χ2v) is 1.75. The van der Waals surface area contributed by atoms with Gasteiger partial charge in [0.15, 0.2) is 0 Å². The lowest BCUT2D eigenvalue weighted by molar-refractivity contribution is 1.15. The molecule has 0 aromatic heterocycles. The molecule has 0 aliphatic carbocycles. The molecule has 1 rings (SSSR count). The lowest BCUT2D eigenvalue weighted by atomic mass is 10.5. The molecule has 0 atom stereocenters. The summed E-state index contributed by atoms with van der Waals surface area (Å²) in [4.78, 5) is 3.78. The van der Waals surface area contributed by atoms with Crippen LogP contribution >= 0.6 is 11.6 Å². The normalized spacial score (nSPS) is 19.0. The Labute approximate surface area is 46.7 Å². The van der Waals surface area contributed by atoms with Crippen molar-refractivity contribution in [2.24, 2.45) is 10.7 Å². The summed E-state index contributed by atoms with van der Waals surface area (Å²) in [5, 5.41) is 0.512. The molecule has 2 nitrogen and oxygen atoms in total. The molecule has 1 aliphatic rings. The van der Waals surface area contributed by atoms with Gasteiger partial charge in [-0.1, -0.05) is 11.6 Å². The molecular weight excluding hydrogens is 112 g/mol. The summed E-state index contributed by atoms with van der Waals surface area (Å²) in [6, 6.07) is 0. The number of allylic oxidation sites excluding steroid dienone is 1. The molecule has 0 aromatic rings. The summed E-state index contributed by atoms with van der Waals surface area (Å²) < 4.78 is 0. The van der Waals surface area contributed by atoms with Crippen LogP contribution in [0.1, 0.15) is 0 Å². The minimum atomic E-state index is 0.512. The molecule has 0 fully saturated rings. The van der Waals surface area contributed by atoms with Crippen molar-refractivity contribution < 1.29 is 0 Å². The third-order valence-electron chi connectivity index (χ3n) is 0.717. The van der Waals surface area contributed by atoms with Crippen molar-refractivity contribution in [2.45, 2.75) is 0 Å². The molecular formula is C4H5ClN2. The first kappa shape index (κ1) is 4.65. The second kappa shape index (κ2) is 1.54. The smallest absolute Gasteiger partial charge is 0.125 e. The average molecular weight is 117 g/mol. The van der Waals surface area contributed by atoms with E-state index in [1.807, 2.05) is 0 Å². The summed E-state index contributed by atoms with van der Waals surface area (Å²) in [5.41, 5.74) is 6.03. The molecule has 0 aromatic carbocycles. The van der Waals surface area contributed by atoms with Crippen LogP contribution in [0.4, 0.5) is 0 Å². The number of nitrogens with two attached hydrogens (primary N) is 1. The molecule has 0 radical (unpaired) electrons. The molecule has 2 N–H and O–H groups in total. The quantitative estimate of drug-likeness (QED) is 0.491. The van der Waals surface area contributed by atoms with Crippen LogP contribution in [0.3, 0.4) is 0 Å². The Kier molecular flexibility index (Phi) is 1.02. The van der Waals surface area contributed by atoms with Gasteiger partial charge in [0, 0.05) is 5.70 Å². The minimum Gasteiger partial charge on any atom is -0.400 e. The molecule has 3 heteroatoms. The second-order valence-electron chi connectivity index (χ2n) is 1.36. The van der Waals surface area contributed by atoms with Crippen LogP contribution in [-0.4, -0.2) is 11.7 Å². The van der Waals surface area contributed by atoms with Crippen molar-refractivity contribution >= 4 is 16.8 Å². The highest BCUT2D eigenvalue weighted by Gasteiger charge is 1.98. The SMILES string of the molecule is NC1=CC(Cl)=NC1. The van der Waals surface area contributed by atoms with E-state index in [2.05, 4.69) is 4.99 Å². The van der Waals surface area contributed by atoms with Gasteiger partial charge in [0.2, 0.25) is 0 Å². The van der Waals surface area contributed by atoms with Crippen molar-refractivity contribution in [3.05, 3.63) is 11.8 Å². The maximum atomic E-state index is 5.40. The predicted octanol–water partition coefficient (Wildman–Crippen LogP) is 0.480. The molecule has 7 heavy (non-hydrogen) atoms. The number of rotatable bonds is 0. The molecule has 0 saturated heterocycles. The van der Waals surface area contributed by atoms with Crippen LogP contribution in [0, 0.1) is 0 Å². The maximum absolute atomic E-state index is 5.40. The average Bonchev–Trinajstić information content (AvgIpc) is 1.87. The number of nitrogens with zero attached hydrogens (tertiary/aromatic N) is 1. The van der Waals surface area contributed by atoms with Crippen molar-refractivity contribution in [1.82, 2.24) is 0 Å². The van der Waals surface area contributed by atoms with E-state index >= 15 is 0 Å². The molecule has 1 heterocycles. The van der Waals surface area contributed by atoms with Crippen LogP contribution in [-0.2, 0) is 0 Å². The van der Waals surface area contributed by atoms with Gasteiger partial charge in [-0.25, -0.2) is 0 Å². The van der Waals surface area contributed by atoms with Crippen LogP contribution < -0.4 is 5.73 Å². The topological polar surface area (TPSA) is 38.4 Å². The zero-order valence-electron chi connectivity index (χ0n) is 3.69. The van der Waals surface area contributed by atoms with Crippen molar-refractivity contribution in [2.75, 3.05) is 6.54 Å². The Hall–Kier alpha value is -0.500. The highest BCUT2D eigenvalue weighted by atomic mass is 35.5. The molecule has 38 valence electrons. The maximum Gasteiger partial charge on any atom is 0.125 e. The fourth-order valence-electron chi connectivity index (χ4n) is 0.411. The van der Waals surface area contributed by atoms with Gasteiger partial charge in [-0.05, 0) is 6.08 Å². The highest BCUT2D eigenvalue weighted by Crippen LogP contribution is 2.00. The van der Waals surface area contributed by atoms with E-state index < -0.39 is 0 Å². The third kappa shape index (κ3) is 0.933. The van der Waals surface area contributed by atoms with Gasteiger partial charge in [0.1, 0.15) is 5.17 Å². The van der Waals surface area contributed by atoms with E-state index in [1.54, 1.807) is 6.08 Å². The minimum absolute atomic E-state index is 0.512.